The summed E-state index contributed by atoms with van der Waals surface area (Å²) in [5.41, 5.74) is 7.67. The molecule has 0 aliphatic heterocycles. The summed E-state index contributed by atoms with van der Waals surface area (Å²) in [4.78, 5) is 10.4. The van der Waals surface area contributed by atoms with Crippen LogP contribution in [0.4, 0.5) is 4.79 Å². The average molecular weight is 169 g/mol. The van der Waals surface area contributed by atoms with Crippen LogP contribution in [-0.4, -0.2) is 12.2 Å². The van der Waals surface area contributed by atoms with Gasteiger partial charge in [-0.3, -0.25) is 0 Å². The number of carbonyl (C=O) groups is 1. The van der Waals surface area contributed by atoms with Gasteiger partial charge >= 0.3 is 6.09 Å². The van der Waals surface area contributed by atoms with Crippen molar-refractivity contribution in [2.24, 2.45) is 5.73 Å². The Morgan fingerprint density at radius 3 is 2.67 bits per heavy atom. The highest BCUT2D eigenvalue weighted by molar-refractivity contribution is 5.64. The standard InChI is InChI=1S/C9H15NO2/c1-6-3-4-8(5-7(6)2)12-9(10)11/h8H,3-5H2,1-2H3,(H2,10,11). The molecule has 0 fully saturated rings. The van der Waals surface area contributed by atoms with E-state index >= 15 is 0 Å². The molecule has 0 aromatic heterocycles. The lowest BCUT2D eigenvalue weighted by molar-refractivity contribution is 0.0980. The Kier molecular flexibility index (Phi) is 2.74. The number of primary amides is 1. The van der Waals surface area contributed by atoms with Crippen molar-refractivity contribution in [1.82, 2.24) is 0 Å². The molecule has 1 rings (SSSR count). The molecule has 1 unspecified atom stereocenters. The van der Waals surface area contributed by atoms with E-state index in [0.717, 1.165) is 19.3 Å². The molecule has 12 heavy (non-hydrogen) atoms. The summed E-state index contributed by atoms with van der Waals surface area (Å²) in [6, 6.07) is 0. The predicted molar refractivity (Wildman–Crippen MR) is 46.7 cm³/mol. The summed E-state index contributed by atoms with van der Waals surface area (Å²) in [6.45, 7) is 4.20. The van der Waals surface area contributed by atoms with E-state index in [2.05, 4.69) is 13.8 Å². The van der Waals surface area contributed by atoms with Crippen LogP contribution in [0.3, 0.4) is 0 Å². The molecule has 1 aliphatic rings. The van der Waals surface area contributed by atoms with Crippen molar-refractivity contribution in [2.75, 3.05) is 0 Å². The van der Waals surface area contributed by atoms with Gasteiger partial charge in [0, 0.05) is 6.42 Å². The first-order valence-corrected chi connectivity index (χ1v) is 4.21. The van der Waals surface area contributed by atoms with Crippen LogP contribution in [-0.2, 0) is 4.74 Å². The fraction of sp³-hybridized carbons (Fsp3) is 0.667. The van der Waals surface area contributed by atoms with Crippen molar-refractivity contribution in [2.45, 2.75) is 39.2 Å². The van der Waals surface area contributed by atoms with E-state index < -0.39 is 6.09 Å². The summed E-state index contributed by atoms with van der Waals surface area (Å²) < 4.78 is 4.91. The molecular weight excluding hydrogens is 154 g/mol. The van der Waals surface area contributed by atoms with E-state index in [9.17, 15) is 4.79 Å². The molecule has 3 nitrogen and oxygen atoms in total. The minimum absolute atomic E-state index is 0.00574. The monoisotopic (exact) mass is 169 g/mol. The second-order valence-corrected chi connectivity index (χ2v) is 3.36. The van der Waals surface area contributed by atoms with Crippen LogP contribution in [0.15, 0.2) is 11.1 Å². The number of hydrogen-bond donors (Lipinski definition) is 1. The van der Waals surface area contributed by atoms with Gasteiger partial charge in [0.25, 0.3) is 0 Å². The zero-order valence-corrected chi connectivity index (χ0v) is 7.59. The molecule has 1 aliphatic carbocycles. The molecule has 1 amide bonds. The maximum Gasteiger partial charge on any atom is 0.404 e. The van der Waals surface area contributed by atoms with Crippen molar-refractivity contribution >= 4 is 6.09 Å². The van der Waals surface area contributed by atoms with Gasteiger partial charge in [0.1, 0.15) is 6.10 Å². The summed E-state index contributed by atoms with van der Waals surface area (Å²) in [5.74, 6) is 0. The zero-order chi connectivity index (χ0) is 9.14. The van der Waals surface area contributed by atoms with E-state index in [1.165, 1.54) is 11.1 Å². The smallest absolute Gasteiger partial charge is 0.404 e. The fourth-order valence-corrected chi connectivity index (χ4v) is 1.47. The minimum atomic E-state index is -0.660. The number of hydrogen-bond acceptors (Lipinski definition) is 2. The van der Waals surface area contributed by atoms with Crippen LogP contribution < -0.4 is 5.73 Å². The number of amides is 1. The van der Waals surface area contributed by atoms with Gasteiger partial charge in [0.15, 0.2) is 0 Å². The van der Waals surface area contributed by atoms with Crippen molar-refractivity contribution in [1.29, 1.82) is 0 Å². The van der Waals surface area contributed by atoms with E-state index in [0.29, 0.717) is 0 Å². The highest BCUT2D eigenvalue weighted by Gasteiger charge is 2.18. The molecule has 0 saturated heterocycles. The van der Waals surface area contributed by atoms with Gasteiger partial charge in [0.2, 0.25) is 0 Å². The van der Waals surface area contributed by atoms with Crippen molar-refractivity contribution in [3.8, 4) is 0 Å². The lowest BCUT2D eigenvalue weighted by Gasteiger charge is -2.23. The first-order valence-electron chi connectivity index (χ1n) is 4.21. The van der Waals surface area contributed by atoms with Crippen LogP contribution in [0.2, 0.25) is 0 Å². The molecule has 0 spiro atoms. The molecule has 0 aromatic rings. The third-order valence-corrected chi connectivity index (χ3v) is 2.39. The average Bonchev–Trinajstić information content (AvgIpc) is 1.96. The van der Waals surface area contributed by atoms with Gasteiger partial charge in [-0.25, -0.2) is 4.79 Å². The maximum absolute atomic E-state index is 10.4. The number of carbonyl (C=O) groups excluding carboxylic acids is 1. The Balaban J connectivity index is 2.49. The van der Waals surface area contributed by atoms with Crippen molar-refractivity contribution in [3.63, 3.8) is 0 Å². The molecule has 0 bridgehead atoms. The molecule has 0 heterocycles. The second-order valence-electron chi connectivity index (χ2n) is 3.36. The maximum atomic E-state index is 10.4. The second kappa shape index (κ2) is 3.61. The largest absolute Gasteiger partial charge is 0.446 e. The SMILES string of the molecule is CC1=C(C)CC(OC(N)=O)CC1. The summed E-state index contributed by atoms with van der Waals surface area (Å²) in [6.07, 6.45) is 2.11. The van der Waals surface area contributed by atoms with E-state index in [1.54, 1.807) is 0 Å². The Hall–Kier alpha value is -0.990. The molecule has 1 atom stereocenters. The molecule has 2 N–H and O–H groups in total. The third-order valence-electron chi connectivity index (χ3n) is 2.39. The van der Waals surface area contributed by atoms with Gasteiger partial charge < -0.3 is 10.5 Å². The first-order chi connectivity index (χ1) is 5.59. The highest BCUT2D eigenvalue weighted by Crippen LogP contribution is 2.25. The molecular formula is C9H15NO2. The number of ether oxygens (including phenoxy) is 1. The summed E-state index contributed by atoms with van der Waals surface area (Å²) in [5, 5.41) is 0. The van der Waals surface area contributed by atoms with Crippen LogP contribution in [0.5, 0.6) is 0 Å². The van der Waals surface area contributed by atoms with Gasteiger partial charge in [-0.1, -0.05) is 11.1 Å². The van der Waals surface area contributed by atoms with Crippen LogP contribution in [0.1, 0.15) is 33.1 Å². The van der Waals surface area contributed by atoms with Gasteiger partial charge in [-0.2, -0.15) is 0 Å². The normalized spacial score (nSPS) is 24.0. The third kappa shape index (κ3) is 2.26. The van der Waals surface area contributed by atoms with Crippen molar-refractivity contribution in [3.05, 3.63) is 11.1 Å². The van der Waals surface area contributed by atoms with Crippen molar-refractivity contribution < 1.29 is 9.53 Å². The number of allylic oxidation sites excluding steroid dienone is 1. The van der Waals surface area contributed by atoms with Crippen LogP contribution >= 0.6 is 0 Å². The molecule has 3 heteroatoms. The Morgan fingerprint density at radius 1 is 1.50 bits per heavy atom. The number of nitrogens with two attached hydrogens (primary N) is 1. The molecule has 0 aromatic carbocycles. The topological polar surface area (TPSA) is 52.3 Å². The molecule has 0 saturated carbocycles. The fourth-order valence-electron chi connectivity index (χ4n) is 1.47. The van der Waals surface area contributed by atoms with Crippen LogP contribution in [0, 0.1) is 0 Å². The van der Waals surface area contributed by atoms with Gasteiger partial charge in [0.05, 0.1) is 0 Å². The molecule has 68 valence electrons. The summed E-state index contributed by atoms with van der Waals surface area (Å²) >= 11 is 0. The van der Waals surface area contributed by atoms with E-state index in [1.807, 2.05) is 0 Å². The van der Waals surface area contributed by atoms with Gasteiger partial charge in [-0.15, -0.1) is 0 Å². The lowest BCUT2D eigenvalue weighted by Crippen LogP contribution is -2.25. The Labute approximate surface area is 72.6 Å². The number of rotatable bonds is 1. The quantitative estimate of drug-likeness (QED) is 0.610. The Morgan fingerprint density at radius 2 is 2.17 bits per heavy atom. The predicted octanol–water partition coefficient (Wildman–Crippen LogP) is 1.97. The highest BCUT2D eigenvalue weighted by atomic mass is 16.6. The van der Waals surface area contributed by atoms with Crippen LogP contribution in [0.25, 0.3) is 0 Å². The Bertz CT molecular complexity index is 221. The van der Waals surface area contributed by atoms with E-state index in [-0.39, 0.29) is 6.10 Å². The zero-order valence-electron chi connectivity index (χ0n) is 7.59. The summed E-state index contributed by atoms with van der Waals surface area (Å²) in [7, 11) is 0. The first kappa shape index (κ1) is 9.10. The minimum Gasteiger partial charge on any atom is -0.446 e. The lowest BCUT2D eigenvalue weighted by atomic mass is 9.92. The van der Waals surface area contributed by atoms with E-state index in [4.69, 9.17) is 10.5 Å². The van der Waals surface area contributed by atoms with Gasteiger partial charge in [-0.05, 0) is 26.7 Å². The molecule has 0 radical (unpaired) electrons.